The minimum Gasteiger partial charge on any atom is -0.351 e. The molecule has 0 radical (unpaired) electrons. The number of carbonyl (C=O) groups excluding carboxylic acids is 2. The Morgan fingerprint density at radius 3 is 1.15 bits per heavy atom. The van der Waals surface area contributed by atoms with Crippen LogP contribution in [0.4, 0.5) is 26.3 Å². The van der Waals surface area contributed by atoms with Crippen LogP contribution in [0.3, 0.4) is 0 Å². The third kappa shape index (κ3) is 4.39. The van der Waals surface area contributed by atoms with Gasteiger partial charge in [-0.25, -0.2) is 0 Å². The van der Waals surface area contributed by atoms with Crippen LogP contribution in [-0.2, 0) is 12.4 Å². The largest absolute Gasteiger partial charge is 0.416 e. The molecule has 0 unspecified atom stereocenters. The molecule has 34 heavy (non-hydrogen) atoms. The minimum absolute atomic E-state index is 0.105. The molecule has 0 fully saturated rings. The topological polar surface area (TPSA) is 65.7 Å². The smallest absolute Gasteiger partial charge is 0.351 e. The fourth-order valence-corrected chi connectivity index (χ4v) is 3.57. The predicted molar refractivity (Wildman–Crippen MR) is 112 cm³/mol. The average molecular weight is 476 g/mol. The second-order valence-corrected chi connectivity index (χ2v) is 7.41. The molecule has 0 amide bonds. The lowest BCUT2D eigenvalue weighted by Crippen LogP contribution is -2.04. The Morgan fingerprint density at radius 1 is 0.559 bits per heavy atom. The number of hydrogen-bond donors (Lipinski definition) is 2. The SMILES string of the molecule is O=Cc1[nH]c(-c2cc(-c3ccc(C(F)(F)F)cc3)c(C=O)[nH]2)cc1-c1ccc(C(F)(F)F)cc1. The van der Waals surface area contributed by atoms with Crippen molar-refractivity contribution in [1.82, 2.24) is 9.97 Å². The van der Waals surface area contributed by atoms with Crippen molar-refractivity contribution < 1.29 is 35.9 Å². The van der Waals surface area contributed by atoms with Gasteiger partial charge in [0.1, 0.15) is 0 Å². The summed E-state index contributed by atoms with van der Waals surface area (Å²) in [5.41, 5.74) is 0.680. The molecule has 0 saturated heterocycles. The third-order valence-electron chi connectivity index (χ3n) is 5.27. The maximum Gasteiger partial charge on any atom is 0.416 e. The van der Waals surface area contributed by atoms with Gasteiger partial charge in [-0.15, -0.1) is 0 Å². The van der Waals surface area contributed by atoms with Crippen LogP contribution in [0.25, 0.3) is 33.6 Å². The van der Waals surface area contributed by atoms with Crippen molar-refractivity contribution in [3.63, 3.8) is 0 Å². The van der Waals surface area contributed by atoms with Gasteiger partial charge in [-0.05, 0) is 47.5 Å². The molecule has 0 aliphatic heterocycles. The van der Waals surface area contributed by atoms with Gasteiger partial charge in [0.15, 0.2) is 12.6 Å². The van der Waals surface area contributed by atoms with Crippen molar-refractivity contribution in [3.05, 3.63) is 83.2 Å². The summed E-state index contributed by atoms with van der Waals surface area (Å²) in [6.07, 6.45) is -7.98. The van der Waals surface area contributed by atoms with Crippen LogP contribution < -0.4 is 0 Å². The van der Waals surface area contributed by atoms with Gasteiger partial charge in [-0.2, -0.15) is 26.3 Å². The summed E-state index contributed by atoms with van der Waals surface area (Å²) in [5.74, 6) is 0. The summed E-state index contributed by atoms with van der Waals surface area (Å²) in [7, 11) is 0. The summed E-state index contributed by atoms with van der Waals surface area (Å²) in [4.78, 5) is 28.8. The molecule has 4 aromatic rings. The molecule has 174 valence electrons. The Bertz CT molecular complexity index is 1240. The molecule has 0 bridgehead atoms. The number of alkyl halides is 6. The highest BCUT2D eigenvalue weighted by atomic mass is 19.4. The summed E-state index contributed by atoms with van der Waals surface area (Å²) in [6, 6.07) is 11.6. The van der Waals surface area contributed by atoms with E-state index < -0.39 is 23.5 Å². The number of aromatic nitrogens is 2. The van der Waals surface area contributed by atoms with E-state index >= 15 is 0 Å². The number of aromatic amines is 2. The van der Waals surface area contributed by atoms with Gasteiger partial charge in [-0.1, -0.05) is 24.3 Å². The van der Waals surface area contributed by atoms with Gasteiger partial charge < -0.3 is 9.97 Å². The van der Waals surface area contributed by atoms with Gasteiger partial charge in [-0.3, -0.25) is 9.59 Å². The van der Waals surface area contributed by atoms with Crippen molar-refractivity contribution in [1.29, 1.82) is 0 Å². The van der Waals surface area contributed by atoms with Crippen molar-refractivity contribution in [2.24, 2.45) is 0 Å². The number of halogens is 6. The molecular weight excluding hydrogens is 462 g/mol. The zero-order valence-corrected chi connectivity index (χ0v) is 17.0. The van der Waals surface area contributed by atoms with E-state index in [4.69, 9.17) is 0 Å². The van der Waals surface area contributed by atoms with E-state index in [0.717, 1.165) is 24.3 Å². The van der Waals surface area contributed by atoms with Crippen LogP contribution in [0.2, 0.25) is 0 Å². The molecule has 4 nitrogen and oxygen atoms in total. The standard InChI is InChI=1S/C24H14F6N2O2/c25-23(26,27)15-5-1-13(2-6-15)17-9-19(31-21(17)11-33)20-10-18(22(12-34)32-20)14-3-7-16(8-4-14)24(28,29)30/h1-12,31-32H. The van der Waals surface area contributed by atoms with Gasteiger partial charge in [0.2, 0.25) is 0 Å². The van der Waals surface area contributed by atoms with Gasteiger partial charge in [0.05, 0.1) is 33.9 Å². The van der Waals surface area contributed by atoms with Crippen LogP contribution in [0, 0.1) is 0 Å². The van der Waals surface area contributed by atoms with Crippen molar-refractivity contribution in [2.45, 2.75) is 12.4 Å². The number of benzene rings is 2. The third-order valence-corrected chi connectivity index (χ3v) is 5.27. The number of hydrogen-bond acceptors (Lipinski definition) is 2. The Kier molecular flexibility index (Phi) is 5.68. The maximum absolute atomic E-state index is 12.8. The van der Waals surface area contributed by atoms with Gasteiger partial charge in [0.25, 0.3) is 0 Å². The number of rotatable bonds is 5. The van der Waals surface area contributed by atoms with Crippen LogP contribution >= 0.6 is 0 Å². The van der Waals surface area contributed by atoms with E-state index in [1.54, 1.807) is 0 Å². The fraction of sp³-hybridized carbons (Fsp3) is 0.0833. The molecule has 2 aromatic heterocycles. The van der Waals surface area contributed by atoms with E-state index in [9.17, 15) is 35.9 Å². The predicted octanol–water partition coefficient (Wildman–Crippen LogP) is 7.01. The lowest BCUT2D eigenvalue weighted by atomic mass is 10.0. The second kappa shape index (κ2) is 8.36. The molecule has 2 heterocycles. The molecule has 2 aromatic carbocycles. The molecule has 0 atom stereocenters. The molecule has 0 spiro atoms. The summed E-state index contributed by atoms with van der Waals surface area (Å²) in [6.45, 7) is 0. The van der Waals surface area contributed by atoms with E-state index in [2.05, 4.69) is 9.97 Å². The molecule has 0 saturated carbocycles. The summed E-state index contributed by atoms with van der Waals surface area (Å²) < 4.78 is 77.0. The quantitative estimate of drug-likeness (QED) is 0.241. The normalized spacial score (nSPS) is 12.1. The lowest BCUT2D eigenvalue weighted by molar-refractivity contribution is -0.138. The lowest BCUT2D eigenvalue weighted by Gasteiger charge is -2.07. The number of aldehydes is 2. The Morgan fingerprint density at radius 2 is 0.882 bits per heavy atom. The van der Waals surface area contributed by atoms with E-state index in [0.29, 0.717) is 46.2 Å². The van der Waals surface area contributed by atoms with Crippen LogP contribution in [-0.4, -0.2) is 22.5 Å². The van der Waals surface area contributed by atoms with Gasteiger partial charge in [0, 0.05) is 11.1 Å². The average Bonchev–Trinajstić information content (AvgIpc) is 3.42. The molecule has 4 rings (SSSR count). The van der Waals surface area contributed by atoms with Crippen molar-refractivity contribution in [3.8, 4) is 33.6 Å². The van der Waals surface area contributed by atoms with Crippen LogP contribution in [0.5, 0.6) is 0 Å². The number of H-pyrrole nitrogens is 2. The van der Waals surface area contributed by atoms with Gasteiger partial charge >= 0.3 is 12.4 Å². The first-order valence-electron chi connectivity index (χ1n) is 9.73. The zero-order chi connectivity index (χ0) is 24.7. The Labute approximate surface area is 188 Å². The Hall–Kier alpha value is -4.08. The highest BCUT2D eigenvalue weighted by Gasteiger charge is 2.31. The first-order valence-corrected chi connectivity index (χ1v) is 9.73. The molecular formula is C24H14F6N2O2. The zero-order valence-electron chi connectivity index (χ0n) is 17.0. The van der Waals surface area contributed by atoms with Crippen molar-refractivity contribution >= 4 is 12.6 Å². The summed E-state index contributed by atoms with van der Waals surface area (Å²) in [5, 5.41) is 0. The highest BCUT2D eigenvalue weighted by Crippen LogP contribution is 2.36. The first kappa shape index (κ1) is 23.1. The van der Waals surface area contributed by atoms with Crippen molar-refractivity contribution in [2.75, 3.05) is 0 Å². The highest BCUT2D eigenvalue weighted by molar-refractivity contribution is 5.91. The Balaban J connectivity index is 1.72. The van der Waals surface area contributed by atoms with E-state index in [-0.39, 0.29) is 11.4 Å². The number of carbonyl (C=O) groups is 2. The van der Waals surface area contributed by atoms with E-state index in [1.807, 2.05) is 0 Å². The minimum atomic E-state index is -4.50. The number of nitrogens with one attached hydrogen (secondary N) is 2. The summed E-state index contributed by atoms with van der Waals surface area (Å²) >= 11 is 0. The monoisotopic (exact) mass is 476 g/mol. The second-order valence-electron chi connectivity index (χ2n) is 7.41. The maximum atomic E-state index is 12.8. The molecule has 2 N–H and O–H groups in total. The van der Waals surface area contributed by atoms with Crippen LogP contribution in [0.15, 0.2) is 60.7 Å². The first-order chi connectivity index (χ1) is 16.0. The fourth-order valence-electron chi connectivity index (χ4n) is 3.57. The van der Waals surface area contributed by atoms with Crippen LogP contribution in [0.1, 0.15) is 32.1 Å². The molecule has 0 aliphatic carbocycles. The van der Waals surface area contributed by atoms with E-state index in [1.165, 1.54) is 36.4 Å². The molecule has 0 aliphatic rings. The molecule has 10 heteroatoms.